The van der Waals surface area contributed by atoms with E-state index in [-0.39, 0.29) is 18.2 Å². The average Bonchev–Trinajstić information content (AvgIpc) is 2.97. The summed E-state index contributed by atoms with van der Waals surface area (Å²) in [5, 5.41) is 3.38. The van der Waals surface area contributed by atoms with E-state index >= 15 is 0 Å². The van der Waals surface area contributed by atoms with Crippen LogP contribution in [0.15, 0.2) is 78.0 Å². The molecule has 0 bridgehead atoms. The lowest BCUT2D eigenvalue weighted by Crippen LogP contribution is -2.42. The standard InChI is InChI=1S/C32H33FN4O4S/c1-20-6-8-23(9-7-20)18-37(29(38)19-42-32-34-21(2)16-22(3)35-32)30(24-10-12-25(33)13-11-24)31(39)36-27-15-14-26(40-4)17-28(27)41-5/h6-17,30H,18-19H2,1-5H3,(H,36,39)/t30-/m0/s1. The van der Waals surface area contributed by atoms with E-state index in [9.17, 15) is 14.0 Å². The molecule has 3 aromatic carbocycles. The molecule has 1 heterocycles. The summed E-state index contributed by atoms with van der Waals surface area (Å²) < 4.78 is 24.7. The number of anilines is 1. The van der Waals surface area contributed by atoms with Gasteiger partial charge in [0.15, 0.2) is 5.16 Å². The Hall–Kier alpha value is -4.44. The summed E-state index contributed by atoms with van der Waals surface area (Å²) in [6.07, 6.45) is 0. The number of carbonyl (C=O) groups is 2. The number of nitrogens with one attached hydrogen (secondary N) is 1. The Morgan fingerprint density at radius 3 is 2.19 bits per heavy atom. The van der Waals surface area contributed by atoms with Crippen molar-refractivity contribution >= 4 is 29.3 Å². The van der Waals surface area contributed by atoms with Crippen molar-refractivity contribution in [3.8, 4) is 11.5 Å². The SMILES string of the molecule is COc1ccc(NC(=O)[C@H](c2ccc(F)cc2)N(Cc2ccc(C)cc2)C(=O)CSc2nc(C)cc(C)n2)c(OC)c1. The summed E-state index contributed by atoms with van der Waals surface area (Å²) in [5.74, 6) is -0.312. The first-order valence-corrected chi connectivity index (χ1v) is 14.2. The molecule has 0 radical (unpaired) electrons. The first kappa shape index (κ1) is 30.5. The Morgan fingerprint density at radius 2 is 1.57 bits per heavy atom. The molecule has 1 N–H and O–H groups in total. The summed E-state index contributed by atoms with van der Waals surface area (Å²) in [6.45, 7) is 5.85. The Bertz CT molecular complexity index is 1530. The van der Waals surface area contributed by atoms with E-state index in [4.69, 9.17) is 9.47 Å². The van der Waals surface area contributed by atoms with E-state index in [1.54, 1.807) is 18.2 Å². The molecular formula is C32H33FN4O4S. The zero-order valence-electron chi connectivity index (χ0n) is 24.2. The monoisotopic (exact) mass is 588 g/mol. The van der Waals surface area contributed by atoms with Crippen LogP contribution in [0.2, 0.25) is 0 Å². The van der Waals surface area contributed by atoms with E-state index in [0.717, 1.165) is 22.5 Å². The number of thioether (sulfide) groups is 1. The normalized spacial score (nSPS) is 11.5. The van der Waals surface area contributed by atoms with Gasteiger partial charge in [-0.2, -0.15) is 0 Å². The van der Waals surface area contributed by atoms with Crippen LogP contribution in [0.25, 0.3) is 0 Å². The van der Waals surface area contributed by atoms with Crippen molar-refractivity contribution in [3.05, 3.63) is 107 Å². The van der Waals surface area contributed by atoms with Crippen molar-refractivity contribution in [2.24, 2.45) is 0 Å². The number of ether oxygens (including phenoxy) is 2. The van der Waals surface area contributed by atoms with E-state index in [2.05, 4.69) is 15.3 Å². The lowest BCUT2D eigenvalue weighted by Gasteiger charge is -2.32. The number of benzene rings is 3. The summed E-state index contributed by atoms with van der Waals surface area (Å²) in [7, 11) is 3.02. The van der Waals surface area contributed by atoms with Crippen LogP contribution < -0.4 is 14.8 Å². The van der Waals surface area contributed by atoms with Gasteiger partial charge in [-0.3, -0.25) is 9.59 Å². The van der Waals surface area contributed by atoms with Gasteiger partial charge in [0.1, 0.15) is 23.4 Å². The maximum atomic E-state index is 14.1. The van der Waals surface area contributed by atoms with Gasteiger partial charge in [-0.1, -0.05) is 53.7 Å². The van der Waals surface area contributed by atoms with Crippen LogP contribution in [0, 0.1) is 26.6 Å². The van der Waals surface area contributed by atoms with Crippen LogP contribution in [0.4, 0.5) is 10.1 Å². The number of halogens is 1. The third kappa shape index (κ3) is 7.85. The number of nitrogens with zero attached hydrogens (tertiary/aromatic N) is 3. The Morgan fingerprint density at radius 1 is 0.905 bits per heavy atom. The fourth-order valence-corrected chi connectivity index (χ4v) is 5.24. The maximum absolute atomic E-state index is 14.1. The molecule has 4 aromatic rings. The molecular weight excluding hydrogens is 555 g/mol. The van der Waals surface area contributed by atoms with Crippen LogP contribution in [0.3, 0.4) is 0 Å². The molecule has 42 heavy (non-hydrogen) atoms. The third-order valence-corrected chi connectivity index (χ3v) is 7.32. The average molecular weight is 589 g/mol. The van der Waals surface area contributed by atoms with Gasteiger partial charge < -0.3 is 19.7 Å². The molecule has 10 heteroatoms. The summed E-state index contributed by atoms with van der Waals surface area (Å²) in [4.78, 5) is 38.4. The van der Waals surface area contributed by atoms with Gasteiger partial charge in [0.05, 0.1) is 25.7 Å². The number of hydrogen-bond donors (Lipinski definition) is 1. The molecule has 4 rings (SSSR count). The highest BCUT2D eigenvalue weighted by atomic mass is 32.2. The summed E-state index contributed by atoms with van der Waals surface area (Å²) in [6, 6.07) is 19.1. The van der Waals surface area contributed by atoms with Gasteiger partial charge in [-0.05, 0) is 62.2 Å². The van der Waals surface area contributed by atoms with Crippen LogP contribution in [-0.2, 0) is 16.1 Å². The number of rotatable bonds is 11. The molecule has 0 fully saturated rings. The highest BCUT2D eigenvalue weighted by Crippen LogP contribution is 2.32. The van der Waals surface area contributed by atoms with Gasteiger partial charge in [0.25, 0.3) is 5.91 Å². The second-order valence-corrected chi connectivity index (χ2v) is 10.7. The second kappa shape index (κ2) is 14.0. The van der Waals surface area contributed by atoms with Crippen LogP contribution in [-0.4, -0.2) is 46.7 Å². The number of methoxy groups -OCH3 is 2. The highest BCUT2D eigenvalue weighted by molar-refractivity contribution is 7.99. The third-order valence-electron chi connectivity index (χ3n) is 6.49. The van der Waals surface area contributed by atoms with Gasteiger partial charge in [0, 0.05) is 24.0 Å². The van der Waals surface area contributed by atoms with E-state index < -0.39 is 17.8 Å². The molecule has 0 saturated carbocycles. The van der Waals surface area contributed by atoms with Crippen LogP contribution in [0.1, 0.15) is 34.1 Å². The van der Waals surface area contributed by atoms with E-state index in [0.29, 0.717) is 27.9 Å². The Balaban J connectivity index is 1.72. The molecule has 0 saturated heterocycles. The first-order valence-electron chi connectivity index (χ1n) is 13.2. The quantitative estimate of drug-likeness (QED) is 0.168. The first-order chi connectivity index (χ1) is 20.2. The highest BCUT2D eigenvalue weighted by Gasteiger charge is 2.32. The van der Waals surface area contributed by atoms with Crippen molar-refractivity contribution in [3.63, 3.8) is 0 Å². The molecule has 2 amide bonds. The molecule has 0 aliphatic heterocycles. The zero-order chi connectivity index (χ0) is 30.2. The zero-order valence-corrected chi connectivity index (χ0v) is 25.0. The van der Waals surface area contributed by atoms with Crippen molar-refractivity contribution in [1.29, 1.82) is 0 Å². The van der Waals surface area contributed by atoms with Gasteiger partial charge in [-0.25, -0.2) is 14.4 Å². The van der Waals surface area contributed by atoms with Crippen molar-refractivity contribution in [2.45, 2.75) is 38.5 Å². The molecule has 0 aliphatic rings. The predicted octanol–water partition coefficient (Wildman–Crippen LogP) is 6.06. The second-order valence-electron chi connectivity index (χ2n) is 9.74. The number of hydrogen-bond acceptors (Lipinski definition) is 7. The maximum Gasteiger partial charge on any atom is 0.251 e. The molecule has 8 nitrogen and oxygen atoms in total. The smallest absolute Gasteiger partial charge is 0.251 e. The minimum absolute atomic E-state index is 0.00835. The largest absolute Gasteiger partial charge is 0.497 e. The fraction of sp³-hybridized carbons (Fsp3) is 0.250. The van der Waals surface area contributed by atoms with Crippen molar-refractivity contribution in [1.82, 2.24) is 14.9 Å². The lowest BCUT2D eigenvalue weighted by molar-refractivity contribution is -0.137. The molecule has 218 valence electrons. The van der Waals surface area contributed by atoms with Crippen LogP contribution in [0.5, 0.6) is 11.5 Å². The predicted molar refractivity (Wildman–Crippen MR) is 161 cm³/mol. The number of aryl methyl sites for hydroxylation is 3. The number of aromatic nitrogens is 2. The van der Waals surface area contributed by atoms with Gasteiger partial charge in [-0.15, -0.1) is 0 Å². The molecule has 0 unspecified atom stereocenters. The fourth-order valence-electron chi connectivity index (χ4n) is 4.40. The lowest BCUT2D eigenvalue weighted by atomic mass is 10.0. The van der Waals surface area contributed by atoms with E-state index in [1.165, 1.54) is 55.1 Å². The van der Waals surface area contributed by atoms with Crippen molar-refractivity contribution < 1.29 is 23.5 Å². The molecule has 0 aliphatic carbocycles. The number of amides is 2. The topological polar surface area (TPSA) is 93.7 Å². The molecule has 0 spiro atoms. The van der Waals surface area contributed by atoms with Gasteiger partial charge in [0.2, 0.25) is 5.91 Å². The minimum Gasteiger partial charge on any atom is -0.497 e. The van der Waals surface area contributed by atoms with Gasteiger partial charge >= 0.3 is 0 Å². The summed E-state index contributed by atoms with van der Waals surface area (Å²) >= 11 is 1.20. The number of carbonyl (C=O) groups excluding carboxylic acids is 2. The summed E-state index contributed by atoms with van der Waals surface area (Å²) in [5.41, 5.74) is 4.35. The van der Waals surface area contributed by atoms with Crippen LogP contribution >= 0.6 is 11.8 Å². The minimum atomic E-state index is -1.09. The molecule has 1 aromatic heterocycles. The van der Waals surface area contributed by atoms with Crippen molar-refractivity contribution in [2.75, 3.05) is 25.3 Å². The Kier molecular flexibility index (Phi) is 10.1. The molecule has 1 atom stereocenters. The Labute approximate surface area is 249 Å². The van der Waals surface area contributed by atoms with E-state index in [1.807, 2.05) is 51.1 Å².